The normalized spacial score (nSPS) is 14.5. The van der Waals surface area contributed by atoms with Gasteiger partial charge in [-0.15, -0.1) is 22.7 Å². The Morgan fingerprint density at radius 3 is 2.72 bits per heavy atom. The highest BCUT2D eigenvalue weighted by molar-refractivity contribution is 7.19. The molecule has 5 nitrogen and oxygen atoms in total. The highest BCUT2D eigenvalue weighted by atomic mass is 32.1. The number of thiazole rings is 1. The van der Waals surface area contributed by atoms with Gasteiger partial charge in [-0.05, 0) is 11.6 Å². The molecule has 1 fully saturated rings. The minimum absolute atomic E-state index is 0.114. The van der Waals surface area contributed by atoms with Crippen LogP contribution in [0.2, 0.25) is 0 Å². The number of morpholine rings is 1. The summed E-state index contributed by atoms with van der Waals surface area (Å²) in [4.78, 5) is 19.7. The van der Waals surface area contributed by atoms with Crippen molar-refractivity contribution in [3.05, 3.63) is 52.9 Å². The van der Waals surface area contributed by atoms with Gasteiger partial charge in [0.2, 0.25) is 0 Å². The van der Waals surface area contributed by atoms with E-state index in [0.29, 0.717) is 23.2 Å². The van der Waals surface area contributed by atoms with Crippen LogP contribution in [0.3, 0.4) is 0 Å². The maximum atomic E-state index is 12.6. The molecule has 0 bridgehead atoms. The lowest BCUT2D eigenvalue weighted by Gasteiger charge is -2.28. The smallest absolute Gasteiger partial charge is 0.267 e. The number of aromatic nitrogens is 1. The average Bonchev–Trinajstić information content (AvgIpc) is 3.33. The van der Waals surface area contributed by atoms with Crippen molar-refractivity contribution in [3.63, 3.8) is 0 Å². The molecule has 0 spiro atoms. The minimum atomic E-state index is -0.114. The lowest BCUT2D eigenvalue weighted by Crippen LogP contribution is -2.35. The number of carbonyl (C=O) groups excluding carboxylic acids is 1. The summed E-state index contributed by atoms with van der Waals surface area (Å²) in [7, 11) is 0. The van der Waals surface area contributed by atoms with Crippen molar-refractivity contribution < 1.29 is 9.53 Å². The van der Waals surface area contributed by atoms with Gasteiger partial charge in [0.25, 0.3) is 5.91 Å². The summed E-state index contributed by atoms with van der Waals surface area (Å²) >= 11 is 2.94. The van der Waals surface area contributed by atoms with Crippen LogP contribution in [0.1, 0.15) is 9.67 Å². The first-order valence-electron chi connectivity index (χ1n) is 8.04. The van der Waals surface area contributed by atoms with Crippen LogP contribution >= 0.6 is 22.7 Å². The monoisotopic (exact) mass is 371 g/mol. The molecule has 1 saturated heterocycles. The van der Waals surface area contributed by atoms with Crippen LogP contribution in [0.4, 0.5) is 10.1 Å². The zero-order valence-corrected chi connectivity index (χ0v) is 15.1. The molecule has 25 heavy (non-hydrogen) atoms. The summed E-state index contributed by atoms with van der Waals surface area (Å²) in [5, 5.41) is 6.46. The average molecular weight is 371 g/mol. The molecule has 4 rings (SSSR count). The van der Waals surface area contributed by atoms with Gasteiger partial charge in [0, 0.05) is 30.2 Å². The number of thiophene rings is 1. The second kappa shape index (κ2) is 7.35. The van der Waals surface area contributed by atoms with Gasteiger partial charge < -0.3 is 9.64 Å². The van der Waals surface area contributed by atoms with Gasteiger partial charge in [-0.2, -0.15) is 0 Å². The maximum absolute atomic E-state index is 12.6. The first-order valence-corrected chi connectivity index (χ1v) is 9.73. The molecule has 3 heterocycles. The second-order valence-electron chi connectivity index (χ2n) is 5.59. The number of amides is 1. The zero-order valence-electron chi connectivity index (χ0n) is 13.5. The highest BCUT2D eigenvalue weighted by Crippen LogP contribution is 2.39. The number of nitrogens with zero attached hydrogens (tertiary/aromatic N) is 2. The predicted molar refractivity (Wildman–Crippen MR) is 103 cm³/mol. The Balaban J connectivity index is 1.68. The van der Waals surface area contributed by atoms with E-state index in [-0.39, 0.29) is 5.91 Å². The van der Waals surface area contributed by atoms with E-state index in [2.05, 4.69) is 27.3 Å². The molecule has 1 N–H and O–H groups in total. The Bertz CT molecular complexity index is 841. The maximum Gasteiger partial charge on any atom is 0.267 e. The standard InChI is InChI=1S/C18H17N3O2S2/c22-16(20-18-19-6-11-24-18)15-12-14(13-4-2-1-3-5-13)17(25-15)21-7-9-23-10-8-21/h1-6,11-12H,7-10H2,(H,19,20,22). The lowest BCUT2D eigenvalue weighted by molar-refractivity contribution is 0.103. The van der Waals surface area contributed by atoms with E-state index in [1.165, 1.54) is 22.7 Å². The molecule has 0 saturated carbocycles. The topological polar surface area (TPSA) is 54.5 Å². The molecule has 1 aliphatic heterocycles. The van der Waals surface area contributed by atoms with Crippen molar-refractivity contribution in [3.8, 4) is 11.1 Å². The Hall–Kier alpha value is -2.22. The first kappa shape index (κ1) is 16.3. The van der Waals surface area contributed by atoms with E-state index in [9.17, 15) is 4.79 Å². The molecule has 128 valence electrons. The largest absolute Gasteiger partial charge is 0.378 e. The quantitative estimate of drug-likeness (QED) is 0.754. The van der Waals surface area contributed by atoms with Crippen LogP contribution in [0.15, 0.2) is 48.0 Å². The molecule has 1 aliphatic rings. The molecule has 7 heteroatoms. The summed E-state index contributed by atoms with van der Waals surface area (Å²) in [5.41, 5.74) is 2.21. The number of benzene rings is 1. The fraction of sp³-hybridized carbons (Fsp3) is 0.222. The number of nitrogens with one attached hydrogen (secondary N) is 1. The molecule has 3 aromatic rings. The predicted octanol–water partition coefficient (Wildman–Crippen LogP) is 3.96. The van der Waals surface area contributed by atoms with Gasteiger partial charge in [0.15, 0.2) is 5.13 Å². The molecule has 0 radical (unpaired) electrons. The van der Waals surface area contributed by atoms with Crippen LogP contribution in [0.25, 0.3) is 11.1 Å². The number of rotatable bonds is 4. The van der Waals surface area contributed by atoms with E-state index in [1.54, 1.807) is 6.20 Å². The Labute approximate surface area is 153 Å². The third-order valence-corrected chi connectivity index (χ3v) is 5.86. The number of ether oxygens (including phenoxy) is 1. The van der Waals surface area contributed by atoms with Crippen molar-refractivity contribution in [1.82, 2.24) is 4.98 Å². The van der Waals surface area contributed by atoms with E-state index in [0.717, 1.165) is 29.2 Å². The van der Waals surface area contributed by atoms with Crippen molar-refractivity contribution >= 4 is 38.7 Å². The molecule has 1 amide bonds. The fourth-order valence-corrected chi connectivity index (χ4v) is 4.41. The van der Waals surface area contributed by atoms with Gasteiger partial charge in [-0.3, -0.25) is 10.1 Å². The highest BCUT2D eigenvalue weighted by Gasteiger charge is 2.22. The third kappa shape index (κ3) is 3.58. The van der Waals surface area contributed by atoms with E-state index >= 15 is 0 Å². The second-order valence-corrected chi connectivity index (χ2v) is 7.51. The summed E-state index contributed by atoms with van der Waals surface area (Å²) in [6.07, 6.45) is 1.68. The van der Waals surface area contributed by atoms with Crippen LogP contribution in [-0.2, 0) is 4.74 Å². The van der Waals surface area contributed by atoms with Crippen LogP contribution in [0, 0.1) is 0 Å². The Morgan fingerprint density at radius 1 is 1.20 bits per heavy atom. The molecule has 0 atom stereocenters. The molecule has 2 aromatic heterocycles. The fourth-order valence-electron chi connectivity index (χ4n) is 2.76. The number of anilines is 2. The van der Waals surface area contributed by atoms with E-state index in [1.807, 2.05) is 29.6 Å². The van der Waals surface area contributed by atoms with Gasteiger partial charge in [-0.25, -0.2) is 4.98 Å². The summed E-state index contributed by atoms with van der Waals surface area (Å²) in [6, 6.07) is 12.2. The number of hydrogen-bond donors (Lipinski definition) is 1. The molecular weight excluding hydrogens is 354 g/mol. The molecular formula is C18H17N3O2S2. The van der Waals surface area contributed by atoms with Crippen molar-refractivity contribution in [1.29, 1.82) is 0 Å². The lowest BCUT2D eigenvalue weighted by atomic mass is 10.1. The van der Waals surface area contributed by atoms with E-state index < -0.39 is 0 Å². The molecule has 1 aromatic carbocycles. The zero-order chi connectivity index (χ0) is 17.1. The van der Waals surface area contributed by atoms with Crippen molar-refractivity contribution in [2.75, 3.05) is 36.5 Å². The van der Waals surface area contributed by atoms with Gasteiger partial charge in [-0.1, -0.05) is 30.3 Å². The van der Waals surface area contributed by atoms with Crippen molar-refractivity contribution in [2.45, 2.75) is 0 Å². The van der Waals surface area contributed by atoms with Crippen LogP contribution in [0.5, 0.6) is 0 Å². The van der Waals surface area contributed by atoms with E-state index in [4.69, 9.17) is 4.74 Å². The minimum Gasteiger partial charge on any atom is -0.378 e. The van der Waals surface area contributed by atoms with Gasteiger partial charge >= 0.3 is 0 Å². The van der Waals surface area contributed by atoms with Crippen molar-refractivity contribution in [2.24, 2.45) is 0 Å². The Kier molecular flexibility index (Phi) is 4.78. The number of carbonyl (C=O) groups is 1. The van der Waals surface area contributed by atoms with Crippen LogP contribution in [-0.4, -0.2) is 37.2 Å². The summed E-state index contributed by atoms with van der Waals surface area (Å²) < 4.78 is 5.47. The third-order valence-electron chi connectivity index (χ3n) is 3.97. The number of hydrogen-bond acceptors (Lipinski definition) is 6. The first-order chi connectivity index (χ1) is 12.3. The molecule has 0 aliphatic carbocycles. The SMILES string of the molecule is O=C(Nc1nccs1)c1cc(-c2ccccc2)c(N2CCOCC2)s1. The summed E-state index contributed by atoms with van der Waals surface area (Å²) in [5.74, 6) is -0.114. The Morgan fingerprint density at radius 2 is 2.00 bits per heavy atom. The van der Waals surface area contributed by atoms with Crippen LogP contribution < -0.4 is 10.2 Å². The summed E-state index contributed by atoms with van der Waals surface area (Å²) in [6.45, 7) is 3.11. The van der Waals surface area contributed by atoms with Gasteiger partial charge in [0.1, 0.15) is 0 Å². The molecule has 0 unspecified atom stereocenters. The van der Waals surface area contributed by atoms with Gasteiger partial charge in [0.05, 0.1) is 23.1 Å².